The van der Waals surface area contributed by atoms with Gasteiger partial charge in [0.1, 0.15) is 5.54 Å². The van der Waals surface area contributed by atoms with Gasteiger partial charge >= 0.3 is 6.03 Å². The van der Waals surface area contributed by atoms with E-state index in [4.69, 9.17) is 0 Å². The van der Waals surface area contributed by atoms with E-state index in [0.29, 0.717) is 10.4 Å². The zero-order chi connectivity index (χ0) is 16.6. The third-order valence-corrected chi connectivity index (χ3v) is 5.18. The van der Waals surface area contributed by atoms with Crippen molar-refractivity contribution >= 4 is 45.0 Å². The van der Waals surface area contributed by atoms with E-state index in [1.165, 1.54) is 11.3 Å². The molecule has 0 unspecified atom stereocenters. The predicted octanol–water partition coefficient (Wildman–Crippen LogP) is 3.16. The Labute approximate surface area is 145 Å². The molecule has 1 aliphatic heterocycles. The minimum atomic E-state index is -1.17. The van der Waals surface area contributed by atoms with Crippen LogP contribution in [-0.2, 0) is 10.3 Å². The van der Waals surface area contributed by atoms with Crippen molar-refractivity contribution in [3.05, 3.63) is 56.7 Å². The molecule has 0 radical (unpaired) electrons. The number of halogens is 1. The van der Waals surface area contributed by atoms with Crippen LogP contribution in [0, 0.1) is 0 Å². The minimum Gasteiger partial charge on any atom is -0.319 e. The fourth-order valence-corrected chi connectivity index (χ4v) is 3.55. The van der Waals surface area contributed by atoms with Gasteiger partial charge in [0.25, 0.3) is 5.91 Å². The Bertz CT molecular complexity index is 790. The summed E-state index contributed by atoms with van der Waals surface area (Å²) in [6.07, 6.45) is 0. The van der Waals surface area contributed by atoms with E-state index in [-0.39, 0.29) is 12.3 Å². The Morgan fingerprint density at radius 3 is 2.74 bits per heavy atom. The average Bonchev–Trinajstić information content (AvgIpc) is 3.11. The first kappa shape index (κ1) is 15.9. The van der Waals surface area contributed by atoms with Gasteiger partial charge < -0.3 is 5.32 Å². The van der Waals surface area contributed by atoms with Crippen LogP contribution in [0.5, 0.6) is 0 Å². The van der Waals surface area contributed by atoms with Crippen LogP contribution < -0.4 is 5.32 Å². The standard InChI is InChI=1S/C16H13BrN2O3S/c1-16(10-4-2-5-11(17)8-10)14(21)19(15(22)18-16)9-12(20)13-6-3-7-23-13/h2-8H,9H2,1H3,(H,18,22)/t16-/m0/s1. The van der Waals surface area contributed by atoms with Crippen LogP contribution in [0.2, 0.25) is 0 Å². The van der Waals surface area contributed by atoms with Crippen molar-refractivity contribution in [2.45, 2.75) is 12.5 Å². The monoisotopic (exact) mass is 392 g/mol. The van der Waals surface area contributed by atoms with E-state index < -0.39 is 17.5 Å². The van der Waals surface area contributed by atoms with Gasteiger partial charge in [0, 0.05) is 4.47 Å². The maximum atomic E-state index is 12.7. The second kappa shape index (κ2) is 5.90. The molecule has 1 atom stereocenters. The van der Waals surface area contributed by atoms with Crippen molar-refractivity contribution < 1.29 is 14.4 Å². The summed E-state index contributed by atoms with van der Waals surface area (Å²) < 4.78 is 0.811. The fraction of sp³-hybridized carbons (Fsp3) is 0.188. The Balaban J connectivity index is 1.86. The zero-order valence-corrected chi connectivity index (χ0v) is 14.6. The van der Waals surface area contributed by atoms with Gasteiger partial charge in [0.2, 0.25) is 0 Å². The van der Waals surface area contributed by atoms with Crippen LogP contribution in [0.4, 0.5) is 4.79 Å². The Hall–Kier alpha value is -1.99. The molecule has 2 heterocycles. The van der Waals surface area contributed by atoms with Gasteiger partial charge in [0.05, 0.1) is 11.4 Å². The molecule has 0 aliphatic carbocycles. The summed E-state index contributed by atoms with van der Waals surface area (Å²) >= 11 is 4.65. The van der Waals surface area contributed by atoms with Crippen LogP contribution in [0.25, 0.3) is 0 Å². The van der Waals surface area contributed by atoms with E-state index in [0.717, 1.165) is 9.37 Å². The SMILES string of the molecule is C[C@@]1(c2cccc(Br)c2)NC(=O)N(CC(=O)c2cccs2)C1=O. The van der Waals surface area contributed by atoms with Crippen molar-refractivity contribution in [3.63, 3.8) is 0 Å². The summed E-state index contributed by atoms with van der Waals surface area (Å²) in [5.41, 5.74) is -0.507. The Kier molecular flexibility index (Phi) is 4.08. The van der Waals surface area contributed by atoms with Gasteiger partial charge in [0.15, 0.2) is 5.78 Å². The van der Waals surface area contributed by atoms with Crippen molar-refractivity contribution in [1.82, 2.24) is 10.2 Å². The first-order chi connectivity index (χ1) is 10.9. The lowest BCUT2D eigenvalue weighted by atomic mass is 9.92. The quantitative estimate of drug-likeness (QED) is 0.641. The molecule has 1 saturated heterocycles. The molecule has 0 bridgehead atoms. The molecule has 1 N–H and O–H groups in total. The largest absolute Gasteiger partial charge is 0.325 e. The number of amides is 3. The Morgan fingerprint density at radius 2 is 2.09 bits per heavy atom. The fourth-order valence-electron chi connectivity index (χ4n) is 2.49. The third-order valence-electron chi connectivity index (χ3n) is 3.77. The summed E-state index contributed by atoms with van der Waals surface area (Å²) in [6.45, 7) is 1.39. The average molecular weight is 393 g/mol. The number of nitrogens with zero attached hydrogens (tertiary/aromatic N) is 1. The molecule has 0 saturated carbocycles. The highest BCUT2D eigenvalue weighted by Gasteiger charge is 2.49. The van der Waals surface area contributed by atoms with Crippen molar-refractivity contribution in [2.75, 3.05) is 6.54 Å². The van der Waals surface area contributed by atoms with Gasteiger partial charge in [-0.3, -0.25) is 14.5 Å². The van der Waals surface area contributed by atoms with Crippen molar-refractivity contribution in [3.8, 4) is 0 Å². The smallest absolute Gasteiger partial charge is 0.319 e. The minimum absolute atomic E-state index is 0.248. The molecule has 1 aromatic heterocycles. The molecule has 1 aromatic carbocycles. The number of ketones is 1. The van der Waals surface area contributed by atoms with Crippen LogP contribution in [0.3, 0.4) is 0 Å². The number of urea groups is 1. The van der Waals surface area contributed by atoms with E-state index in [9.17, 15) is 14.4 Å². The molecule has 5 nitrogen and oxygen atoms in total. The second-order valence-electron chi connectivity index (χ2n) is 5.36. The molecular formula is C16H13BrN2O3S. The summed E-state index contributed by atoms with van der Waals surface area (Å²) in [5.74, 6) is -0.674. The summed E-state index contributed by atoms with van der Waals surface area (Å²) in [5, 5.41) is 4.47. The van der Waals surface area contributed by atoms with Gasteiger partial charge in [-0.15, -0.1) is 11.3 Å². The molecule has 7 heteroatoms. The van der Waals surface area contributed by atoms with E-state index >= 15 is 0 Å². The number of imide groups is 1. The normalized spacial score (nSPS) is 20.7. The molecule has 23 heavy (non-hydrogen) atoms. The van der Waals surface area contributed by atoms with E-state index in [1.54, 1.807) is 42.6 Å². The first-order valence-electron chi connectivity index (χ1n) is 6.88. The molecule has 3 rings (SSSR count). The first-order valence-corrected chi connectivity index (χ1v) is 8.56. The van der Waals surface area contributed by atoms with Gasteiger partial charge in [-0.05, 0) is 36.1 Å². The lowest BCUT2D eigenvalue weighted by Crippen LogP contribution is -2.41. The molecule has 0 spiro atoms. The number of Topliss-reactive ketones (excluding diaryl/α,β-unsaturated/α-hetero) is 1. The number of nitrogens with one attached hydrogen (secondary N) is 1. The highest BCUT2D eigenvalue weighted by atomic mass is 79.9. The van der Waals surface area contributed by atoms with Crippen molar-refractivity contribution in [1.29, 1.82) is 0 Å². The molecule has 1 aliphatic rings. The number of hydrogen-bond acceptors (Lipinski definition) is 4. The summed E-state index contributed by atoms with van der Waals surface area (Å²) in [7, 11) is 0. The third kappa shape index (κ3) is 2.82. The predicted molar refractivity (Wildman–Crippen MR) is 90.4 cm³/mol. The topological polar surface area (TPSA) is 66.5 Å². The summed E-state index contributed by atoms with van der Waals surface area (Å²) in [6, 6.07) is 10.1. The number of hydrogen-bond donors (Lipinski definition) is 1. The van der Waals surface area contributed by atoms with Crippen LogP contribution in [0.15, 0.2) is 46.3 Å². The number of carbonyl (C=O) groups is 3. The molecular weight excluding hydrogens is 380 g/mol. The van der Waals surface area contributed by atoms with Gasteiger partial charge in [-0.25, -0.2) is 4.79 Å². The Morgan fingerprint density at radius 1 is 1.30 bits per heavy atom. The maximum absolute atomic E-state index is 12.7. The zero-order valence-electron chi connectivity index (χ0n) is 12.2. The second-order valence-corrected chi connectivity index (χ2v) is 7.22. The van der Waals surface area contributed by atoms with E-state index in [2.05, 4.69) is 21.2 Å². The van der Waals surface area contributed by atoms with Crippen molar-refractivity contribution in [2.24, 2.45) is 0 Å². The van der Waals surface area contributed by atoms with E-state index in [1.807, 2.05) is 6.07 Å². The lowest BCUT2D eigenvalue weighted by molar-refractivity contribution is -0.130. The number of thiophene rings is 1. The molecule has 1 fully saturated rings. The molecule has 2 aromatic rings. The van der Waals surface area contributed by atoms with Crippen LogP contribution in [-0.4, -0.2) is 29.2 Å². The molecule has 3 amide bonds. The highest BCUT2D eigenvalue weighted by molar-refractivity contribution is 9.10. The lowest BCUT2D eigenvalue weighted by Gasteiger charge is -2.22. The number of rotatable bonds is 4. The van der Waals surface area contributed by atoms with Crippen LogP contribution >= 0.6 is 27.3 Å². The number of benzene rings is 1. The number of carbonyl (C=O) groups excluding carboxylic acids is 3. The molecule has 118 valence electrons. The van der Waals surface area contributed by atoms with Gasteiger partial charge in [-0.2, -0.15) is 0 Å². The van der Waals surface area contributed by atoms with Gasteiger partial charge in [-0.1, -0.05) is 34.1 Å². The maximum Gasteiger partial charge on any atom is 0.325 e. The van der Waals surface area contributed by atoms with Crippen LogP contribution in [0.1, 0.15) is 22.2 Å². The highest BCUT2D eigenvalue weighted by Crippen LogP contribution is 2.30. The summed E-state index contributed by atoms with van der Waals surface area (Å²) in [4.78, 5) is 38.6.